The molecule has 1 amide bonds. The van der Waals surface area contributed by atoms with Gasteiger partial charge >= 0.3 is 5.97 Å². The number of ether oxygens (including phenoxy) is 1. The van der Waals surface area contributed by atoms with E-state index >= 15 is 4.39 Å². The van der Waals surface area contributed by atoms with E-state index < -0.39 is 22.8 Å². The minimum absolute atomic E-state index is 0.0131. The van der Waals surface area contributed by atoms with Crippen molar-refractivity contribution < 1.29 is 23.8 Å². The molecule has 0 spiro atoms. The highest BCUT2D eigenvalue weighted by atomic mass is 32.2. The molecule has 4 aromatic rings. The number of nitriles is 1. The number of carboxylic acid groups (broad SMARTS) is 1. The Hall–Kier alpha value is -5.16. The monoisotopic (exact) mass is 630 g/mol. The van der Waals surface area contributed by atoms with Crippen molar-refractivity contribution >= 4 is 40.2 Å². The number of fused-ring (bicyclic) bond motifs is 1. The number of anilines is 1. The zero-order chi connectivity index (χ0) is 31.8. The first-order chi connectivity index (χ1) is 21.7. The summed E-state index contributed by atoms with van der Waals surface area (Å²) < 4.78 is 22.2. The van der Waals surface area contributed by atoms with E-state index in [2.05, 4.69) is 9.97 Å². The number of nitrogens with zero attached hydrogens (tertiary/aromatic N) is 5. The van der Waals surface area contributed by atoms with Crippen LogP contribution >= 0.6 is 11.8 Å². The summed E-state index contributed by atoms with van der Waals surface area (Å²) in [5.74, 6) is -1.58. The molecular weight excluding hydrogens is 603 g/mol. The molecule has 230 valence electrons. The average molecular weight is 631 g/mol. The molecule has 1 saturated heterocycles. The Balaban J connectivity index is 1.15. The van der Waals surface area contributed by atoms with Gasteiger partial charge in [0.25, 0.3) is 5.56 Å². The smallest absolute Gasteiger partial charge is 0.341 e. The first-order valence-corrected chi connectivity index (χ1v) is 15.1. The Morgan fingerprint density at radius 1 is 1.16 bits per heavy atom. The zero-order valence-electron chi connectivity index (χ0n) is 24.1. The number of amides is 1. The maximum atomic E-state index is 15.3. The number of H-pyrrole nitrogens is 1. The lowest BCUT2D eigenvalue weighted by Gasteiger charge is -2.36. The number of piperazine rings is 1. The summed E-state index contributed by atoms with van der Waals surface area (Å²) in [5.41, 5.74) is -0.319. The number of nitrogens with one attached hydrogen (secondary N) is 1. The first kappa shape index (κ1) is 29.9. The SMILES string of the molecule is COc1ccc(-c2nc(SCC(=O)N3CCN(c4cc5c(cc4F)c(=O)c(C(=O)O)cn5C4CC4)CC3)[nH]c(=O)c2C#N)cc1. The summed E-state index contributed by atoms with van der Waals surface area (Å²) in [6.07, 6.45) is 3.03. The second kappa shape index (κ2) is 12.1. The molecule has 2 N–H and O–H groups in total. The second-order valence-corrected chi connectivity index (χ2v) is 11.7. The van der Waals surface area contributed by atoms with Gasteiger partial charge in [0, 0.05) is 49.4 Å². The molecule has 0 bridgehead atoms. The average Bonchev–Trinajstić information content (AvgIpc) is 3.89. The topological polar surface area (TPSA) is 162 Å². The van der Waals surface area contributed by atoms with Crippen molar-refractivity contribution in [3.8, 4) is 23.1 Å². The lowest BCUT2D eigenvalue weighted by Crippen LogP contribution is -2.49. The molecule has 0 radical (unpaired) electrons. The number of aromatic nitrogens is 3. The van der Waals surface area contributed by atoms with Gasteiger partial charge in [-0.15, -0.1) is 0 Å². The second-order valence-electron chi connectivity index (χ2n) is 10.7. The predicted octanol–water partition coefficient (Wildman–Crippen LogP) is 3.25. The summed E-state index contributed by atoms with van der Waals surface area (Å²) in [4.78, 5) is 60.6. The van der Waals surface area contributed by atoms with E-state index in [1.165, 1.54) is 13.3 Å². The van der Waals surface area contributed by atoms with E-state index in [0.717, 1.165) is 30.7 Å². The Bertz CT molecular complexity index is 1990. The van der Waals surface area contributed by atoms with Crippen LogP contribution in [0.3, 0.4) is 0 Å². The Morgan fingerprint density at radius 2 is 1.87 bits per heavy atom. The van der Waals surface area contributed by atoms with Gasteiger partial charge in [-0.25, -0.2) is 14.2 Å². The lowest BCUT2D eigenvalue weighted by molar-refractivity contribution is -0.128. The molecule has 14 heteroatoms. The fourth-order valence-corrected chi connectivity index (χ4v) is 6.17. The van der Waals surface area contributed by atoms with Crippen molar-refractivity contribution in [3.05, 3.63) is 80.1 Å². The molecule has 45 heavy (non-hydrogen) atoms. The quantitative estimate of drug-likeness (QED) is 0.218. The summed E-state index contributed by atoms with van der Waals surface area (Å²) in [7, 11) is 1.53. The number of thioether (sulfide) groups is 1. The molecule has 2 aliphatic rings. The molecule has 1 aliphatic heterocycles. The third kappa shape index (κ3) is 5.86. The highest BCUT2D eigenvalue weighted by Crippen LogP contribution is 2.38. The summed E-state index contributed by atoms with van der Waals surface area (Å²) in [6.45, 7) is 1.32. The number of carbonyl (C=O) groups excluding carboxylic acids is 1. The zero-order valence-corrected chi connectivity index (χ0v) is 24.9. The normalized spacial score (nSPS) is 14.8. The van der Waals surface area contributed by atoms with Crippen molar-refractivity contribution in [1.82, 2.24) is 19.4 Å². The number of pyridine rings is 1. The van der Waals surface area contributed by atoms with Crippen LogP contribution in [0.15, 0.2) is 57.3 Å². The minimum atomic E-state index is -1.35. The number of benzene rings is 2. The van der Waals surface area contributed by atoms with Crippen LogP contribution in [0.2, 0.25) is 0 Å². The molecule has 0 unspecified atom stereocenters. The lowest BCUT2D eigenvalue weighted by atomic mass is 10.1. The van der Waals surface area contributed by atoms with Crippen molar-refractivity contribution in [3.63, 3.8) is 0 Å². The molecule has 2 fully saturated rings. The third-order valence-corrected chi connectivity index (χ3v) is 8.81. The number of rotatable bonds is 8. The van der Waals surface area contributed by atoms with Crippen LogP contribution < -0.4 is 20.6 Å². The van der Waals surface area contributed by atoms with E-state index in [1.807, 2.05) is 6.07 Å². The number of hydrogen-bond acceptors (Lipinski definition) is 9. The van der Waals surface area contributed by atoms with Crippen molar-refractivity contribution in [2.75, 3.05) is 43.9 Å². The maximum absolute atomic E-state index is 15.3. The molecule has 1 saturated carbocycles. The van der Waals surface area contributed by atoms with Crippen molar-refractivity contribution in [2.45, 2.75) is 24.0 Å². The highest BCUT2D eigenvalue weighted by Gasteiger charge is 2.29. The molecular formula is C31H27FN6O6S. The first-order valence-electron chi connectivity index (χ1n) is 14.1. The third-order valence-electron chi connectivity index (χ3n) is 7.95. The largest absolute Gasteiger partial charge is 0.497 e. The Morgan fingerprint density at radius 3 is 2.49 bits per heavy atom. The van der Waals surface area contributed by atoms with Crippen molar-refractivity contribution in [1.29, 1.82) is 5.26 Å². The summed E-state index contributed by atoms with van der Waals surface area (Å²) >= 11 is 1.05. The number of methoxy groups -OCH3 is 1. The fraction of sp³-hybridized carbons (Fsp3) is 0.290. The number of aromatic carboxylic acids is 1. The van der Waals surface area contributed by atoms with Crippen LogP contribution in [-0.4, -0.2) is 75.5 Å². The molecule has 12 nitrogen and oxygen atoms in total. The van der Waals surface area contributed by atoms with Gasteiger partial charge in [0.05, 0.1) is 29.8 Å². The van der Waals surface area contributed by atoms with Gasteiger partial charge in [-0.05, 0) is 49.2 Å². The van der Waals surface area contributed by atoms with Gasteiger partial charge in [0.1, 0.15) is 28.8 Å². The Kier molecular flexibility index (Phi) is 8.03. The van der Waals surface area contributed by atoms with Gasteiger partial charge < -0.3 is 29.2 Å². The molecule has 2 aromatic heterocycles. The van der Waals surface area contributed by atoms with Gasteiger partial charge in [-0.3, -0.25) is 14.4 Å². The number of aromatic amines is 1. The summed E-state index contributed by atoms with van der Waals surface area (Å²) in [5, 5.41) is 19.2. The van der Waals surface area contributed by atoms with E-state index in [4.69, 9.17) is 4.74 Å². The van der Waals surface area contributed by atoms with Gasteiger partial charge in [-0.1, -0.05) is 11.8 Å². The molecule has 2 aromatic carbocycles. The van der Waals surface area contributed by atoms with Crippen LogP contribution in [0.25, 0.3) is 22.2 Å². The van der Waals surface area contributed by atoms with Gasteiger partial charge in [0.15, 0.2) is 5.16 Å². The van der Waals surface area contributed by atoms with E-state index in [-0.39, 0.29) is 50.8 Å². The highest BCUT2D eigenvalue weighted by molar-refractivity contribution is 7.99. The Labute approximate surface area is 259 Å². The molecule has 6 rings (SSSR count). The van der Waals surface area contributed by atoms with E-state index in [1.54, 1.807) is 44.7 Å². The summed E-state index contributed by atoms with van der Waals surface area (Å²) in [6, 6.07) is 11.4. The predicted molar refractivity (Wildman–Crippen MR) is 164 cm³/mol. The standard InChI is InChI=1S/C31H27FN6O6S/c1-44-19-6-2-17(3-7-19)27-21(14-33)29(41)35-31(34-27)45-16-26(39)37-10-8-36(9-11-37)25-13-24-20(12-23(25)32)28(40)22(30(42)43)15-38(24)18-4-5-18/h2-3,6-7,12-13,15,18H,4-5,8-11,16H2,1H3,(H,42,43)(H,34,35,41). The molecule has 0 atom stereocenters. The van der Waals surface area contributed by atoms with Crippen molar-refractivity contribution in [2.24, 2.45) is 0 Å². The number of carboxylic acids is 1. The minimum Gasteiger partial charge on any atom is -0.497 e. The van der Waals surface area contributed by atoms with Gasteiger partial charge in [0.2, 0.25) is 11.3 Å². The molecule has 1 aliphatic carbocycles. The van der Waals surface area contributed by atoms with E-state index in [0.29, 0.717) is 43.0 Å². The van der Waals surface area contributed by atoms with Crippen LogP contribution in [-0.2, 0) is 4.79 Å². The van der Waals surface area contributed by atoms with E-state index in [9.17, 15) is 29.5 Å². The van der Waals surface area contributed by atoms with Crippen LogP contribution in [0.4, 0.5) is 10.1 Å². The van der Waals surface area contributed by atoms with Crippen LogP contribution in [0, 0.1) is 17.1 Å². The fourth-order valence-electron chi connectivity index (χ4n) is 5.41. The van der Waals surface area contributed by atoms with Crippen LogP contribution in [0.1, 0.15) is 34.8 Å². The molecule has 3 heterocycles. The number of halogens is 1. The number of carbonyl (C=O) groups is 2. The van der Waals surface area contributed by atoms with Crippen LogP contribution in [0.5, 0.6) is 5.75 Å². The van der Waals surface area contributed by atoms with Gasteiger partial charge in [-0.2, -0.15) is 5.26 Å². The maximum Gasteiger partial charge on any atom is 0.341 e. The number of hydrogen-bond donors (Lipinski definition) is 2.